The molecule has 0 fully saturated rings. The maximum atomic E-state index is 6.16. The summed E-state index contributed by atoms with van der Waals surface area (Å²) >= 11 is 12.1. The van der Waals surface area contributed by atoms with Crippen LogP contribution in [-0.4, -0.2) is 13.7 Å². The van der Waals surface area contributed by atoms with Gasteiger partial charge in [0.25, 0.3) is 0 Å². The molecule has 0 bridgehead atoms. The number of hydrogen-bond acceptors (Lipinski definition) is 2. The molecule has 112 valence electrons. The van der Waals surface area contributed by atoms with Crippen LogP contribution in [0.3, 0.4) is 0 Å². The highest BCUT2D eigenvalue weighted by Crippen LogP contribution is 2.32. The summed E-state index contributed by atoms with van der Waals surface area (Å²) in [5, 5.41) is 4.97. The molecular formula is C17H19Cl2NO. The first-order chi connectivity index (χ1) is 10.2. The Morgan fingerprint density at radius 3 is 2.33 bits per heavy atom. The molecule has 0 saturated heterocycles. The van der Waals surface area contributed by atoms with Crippen LogP contribution in [0.4, 0.5) is 0 Å². The van der Waals surface area contributed by atoms with Crippen LogP contribution in [0.5, 0.6) is 5.75 Å². The van der Waals surface area contributed by atoms with Crippen molar-refractivity contribution in [3.63, 3.8) is 0 Å². The van der Waals surface area contributed by atoms with Crippen molar-refractivity contribution in [1.82, 2.24) is 5.32 Å². The summed E-state index contributed by atoms with van der Waals surface area (Å²) in [6.07, 6.45) is 1.05. The first kappa shape index (κ1) is 16.2. The molecule has 0 aliphatic heterocycles. The number of halogens is 2. The van der Waals surface area contributed by atoms with Gasteiger partial charge in [0, 0.05) is 15.6 Å². The summed E-state index contributed by atoms with van der Waals surface area (Å²) in [6, 6.07) is 13.5. The van der Waals surface area contributed by atoms with E-state index in [4.69, 9.17) is 27.9 Å². The monoisotopic (exact) mass is 323 g/mol. The van der Waals surface area contributed by atoms with Crippen LogP contribution < -0.4 is 10.1 Å². The van der Waals surface area contributed by atoms with Crippen LogP contribution in [0.2, 0.25) is 10.0 Å². The topological polar surface area (TPSA) is 21.3 Å². The van der Waals surface area contributed by atoms with E-state index in [0.29, 0.717) is 5.02 Å². The highest BCUT2D eigenvalue weighted by atomic mass is 35.5. The zero-order valence-electron chi connectivity index (χ0n) is 12.2. The average molecular weight is 324 g/mol. The minimum absolute atomic E-state index is 0.0240. The second-order valence-electron chi connectivity index (χ2n) is 4.82. The van der Waals surface area contributed by atoms with Crippen molar-refractivity contribution in [2.24, 2.45) is 0 Å². The van der Waals surface area contributed by atoms with Crippen LogP contribution in [0.25, 0.3) is 0 Å². The Hall–Kier alpha value is -1.22. The minimum Gasteiger partial charge on any atom is -0.496 e. The summed E-state index contributed by atoms with van der Waals surface area (Å²) in [6.45, 7) is 3.05. The summed E-state index contributed by atoms with van der Waals surface area (Å²) < 4.78 is 5.48. The lowest BCUT2D eigenvalue weighted by molar-refractivity contribution is 0.404. The number of hydrogen-bond donors (Lipinski definition) is 1. The predicted molar refractivity (Wildman–Crippen MR) is 89.6 cm³/mol. The third kappa shape index (κ3) is 4.13. The van der Waals surface area contributed by atoms with E-state index in [2.05, 4.69) is 12.2 Å². The zero-order valence-corrected chi connectivity index (χ0v) is 13.7. The molecule has 2 rings (SSSR count). The molecular weight excluding hydrogens is 305 g/mol. The van der Waals surface area contributed by atoms with Crippen molar-refractivity contribution in [1.29, 1.82) is 0 Å². The minimum atomic E-state index is 0.0240. The van der Waals surface area contributed by atoms with Gasteiger partial charge >= 0.3 is 0 Å². The van der Waals surface area contributed by atoms with E-state index in [1.54, 1.807) is 7.11 Å². The fraction of sp³-hybridized carbons (Fsp3) is 0.294. The number of rotatable bonds is 6. The van der Waals surface area contributed by atoms with Crippen LogP contribution in [-0.2, 0) is 0 Å². The second kappa shape index (κ2) is 7.69. The molecule has 0 amide bonds. The lowest BCUT2D eigenvalue weighted by Crippen LogP contribution is -2.23. The maximum absolute atomic E-state index is 6.16. The van der Waals surface area contributed by atoms with Gasteiger partial charge in [0.15, 0.2) is 0 Å². The largest absolute Gasteiger partial charge is 0.496 e. The second-order valence-corrected chi connectivity index (χ2v) is 5.70. The van der Waals surface area contributed by atoms with Crippen LogP contribution in [0, 0.1) is 0 Å². The highest BCUT2D eigenvalue weighted by Gasteiger charge is 2.18. The number of nitrogens with one attached hydrogen (secondary N) is 1. The first-order valence-electron chi connectivity index (χ1n) is 6.98. The Labute approximate surface area is 136 Å². The molecule has 0 aromatic heterocycles. The van der Waals surface area contributed by atoms with Gasteiger partial charge in [-0.05, 0) is 48.9 Å². The number of ether oxygens (including phenoxy) is 1. The Balaban J connectivity index is 2.44. The van der Waals surface area contributed by atoms with E-state index in [1.165, 1.54) is 0 Å². The highest BCUT2D eigenvalue weighted by molar-refractivity contribution is 6.31. The SMILES string of the molecule is CCCNC(c1ccc(Cl)cc1)c1cc(Cl)ccc1OC. The molecule has 2 aromatic carbocycles. The normalized spacial score (nSPS) is 12.2. The van der Waals surface area contributed by atoms with Gasteiger partial charge in [-0.2, -0.15) is 0 Å². The Morgan fingerprint density at radius 1 is 1.05 bits per heavy atom. The standard InChI is InChI=1S/C17H19Cl2NO/c1-3-10-20-17(12-4-6-13(18)7-5-12)15-11-14(19)8-9-16(15)21-2/h4-9,11,17,20H,3,10H2,1-2H3. The third-order valence-electron chi connectivity index (χ3n) is 3.30. The van der Waals surface area contributed by atoms with Gasteiger partial charge in [0.05, 0.1) is 13.2 Å². The predicted octanol–water partition coefficient (Wildman–Crippen LogP) is 5.09. The molecule has 0 heterocycles. The number of methoxy groups -OCH3 is 1. The average Bonchev–Trinajstić information content (AvgIpc) is 2.49. The van der Waals surface area contributed by atoms with E-state index < -0.39 is 0 Å². The fourth-order valence-electron chi connectivity index (χ4n) is 2.28. The van der Waals surface area contributed by atoms with E-state index in [9.17, 15) is 0 Å². The molecule has 0 aliphatic rings. The van der Waals surface area contributed by atoms with E-state index >= 15 is 0 Å². The van der Waals surface area contributed by atoms with Crippen LogP contribution >= 0.6 is 23.2 Å². The number of benzene rings is 2. The van der Waals surface area contributed by atoms with Gasteiger partial charge in [-0.15, -0.1) is 0 Å². The van der Waals surface area contributed by atoms with Crippen molar-refractivity contribution in [2.75, 3.05) is 13.7 Å². The van der Waals surface area contributed by atoms with Gasteiger partial charge in [-0.1, -0.05) is 42.3 Å². The van der Waals surface area contributed by atoms with Crippen molar-refractivity contribution in [3.05, 3.63) is 63.6 Å². The first-order valence-corrected chi connectivity index (χ1v) is 7.73. The van der Waals surface area contributed by atoms with Gasteiger partial charge in [0.2, 0.25) is 0 Å². The third-order valence-corrected chi connectivity index (χ3v) is 3.79. The maximum Gasteiger partial charge on any atom is 0.124 e. The summed E-state index contributed by atoms with van der Waals surface area (Å²) in [4.78, 5) is 0. The van der Waals surface area contributed by atoms with Gasteiger partial charge in [0.1, 0.15) is 5.75 Å². The Bertz CT molecular complexity index is 584. The van der Waals surface area contributed by atoms with Crippen molar-refractivity contribution >= 4 is 23.2 Å². The van der Waals surface area contributed by atoms with Crippen molar-refractivity contribution < 1.29 is 4.74 Å². The molecule has 0 saturated carbocycles. The van der Waals surface area contributed by atoms with Crippen molar-refractivity contribution in [2.45, 2.75) is 19.4 Å². The molecule has 2 aromatic rings. The zero-order chi connectivity index (χ0) is 15.2. The molecule has 0 aliphatic carbocycles. The summed E-state index contributed by atoms with van der Waals surface area (Å²) in [5.41, 5.74) is 2.16. The molecule has 2 nitrogen and oxygen atoms in total. The molecule has 21 heavy (non-hydrogen) atoms. The van der Waals surface area contributed by atoms with Crippen LogP contribution in [0.15, 0.2) is 42.5 Å². The van der Waals surface area contributed by atoms with Crippen molar-refractivity contribution in [3.8, 4) is 5.75 Å². The molecule has 4 heteroatoms. The quantitative estimate of drug-likeness (QED) is 0.799. The Kier molecular flexibility index (Phi) is 5.92. The molecule has 1 unspecified atom stereocenters. The summed E-state index contributed by atoms with van der Waals surface area (Å²) in [5.74, 6) is 0.822. The van der Waals surface area contributed by atoms with Gasteiger partial charge < -0.3 is 10.1 Å². The molecule has 0 radical (unpaired) electrons. The van der Waals surface area contributed by atoms with E-state index in [-0.39, 0.29) is 6.04 Å². The molecule has 1 N–H and O–H groups in total. The van der Waals surface area contributed by atoms with E-state index in [0.717, 1.165) is 34.9 Å². The van der Waals surface area contributed by atoms with Gasteiger partial charge in [-0.3, -0.25) is 0 Å². The smallest absolute Gasteiger partial charge is 0.124 e. The lowest BCUT2D eigenvalue weighted by atomic mass is 9.97. The fourth-order valence-corrected chi connectivity index (χ4v) is 2.59. The van der Waals surface area contributed by atoms with E-state index in [1.807, 2.05) is 42.5 Å². The molecule has 0 spiro atoms. The lowest BCUT2D eigenvalue weighted by Gasteiger charge is -2.22. The summed E-state index contributed by atoms with van der Waals surface area (Å²) in [7, 11) is 1.67. The van der Waals surface area contributed by atoms with Gasteiger partial charge in [-0.25, -0.2) is 0 Å². The molecule has 1 atom stereocenters. The van der Waals surface area contributed by atoms with Crippen LogP contribution in [0.1, 0.15) is 30.5 Å². The Morgan fingerprint density at radius 2 is 1.71 bits per heavy atom.